The quantitative estimate of drug-likeness (QED) is 0.0813. The molecule has 0 N–H and O–H groups in total. The summed E-state index contributed by atoms with van der Waals surface area (Å²) in [5, 5.41) is 0. The van der Waals surface area contributed by atoms with Crippen molar-refractivity contribution in [3.63, 3.8) is 0 Å². The largest absolute Gasteiger partial charge is 0.463 e. The molecule has 49 heavy (non-hydrogen) atoms. The van der Waals surface area contributed by atoms with Gasteiger partial charge in [-0.05, 0) is 134 Å². The van der Waals surface area contributed by atoms with E-state index in [1.807, 2.05) is 13.8 Å². The highest BCUT2D eigenvalue weighted by atomic mass is 16.7. The zero-order chi connectivity index (χ0) is 34.1. The number of unbranched alkanes of at least 4 members (excludes halogenated alkanes) is 1. The molecule has 4 aliphatic rings. The molecule has 3 unspecified atom stereocenters. The van der Waals surface area contributed by atoms with Crippen LogP contribution in [0.5, 0.6) is 0 Å². The van der Waals surface area contributed by atoms with E-state index in [4.69, 9.17) is 33.2 Å². The van der Waals surface area contributed by atoms with Crippen molar-refractivity contribution in [1.29, 1.82) is 0 Å². The molecule has 3 heterocycles. The molecule has 8 atom stereocenters. The molecular weight excluding hydrogens is 620 g/mol. The van der Waals surface area contributed by atoms with Crippen LogP contribution in [-0.4, -0.2) is 69.1 Å². The highest BCUT2D eigenvalue weighted by Crippen LogP contribution is 2.44. The number of hydrogen-bond acceptors (Lipinski definition) is 8. The number of carbonyl (C=O) groups is 1. The van der Waals surface area contributed by atoms with E-state index in [2.05, 4.69) is 42.5 Å². The van der Waals surface area contributed by atoms with Crippen LogP contribution in [0.3, 0.4) is 0 Å². The molecule has 0 aromatic heterocycles. The van der Waals surface area contributed by atoms with Crippen LogP contribution in [0.2, 0.25) is 0 Å². The average molecular weight is 685 g/mol. The minimum atomic E-state index is -0.145. The van der Waals surface area contributed by atoms with Gasteiger partial charge in [-0.25, -0.2) is 0 Å². The third kappa shape index (κ3) is 13.7. The Morgan fingerprint density at radius 2 is 1.43 bits per heavy atom. The van der Waals surface area contributed by atoms with Gasteiger partial charge in [-0.1, -0.05) is 42.5 Å². The summed E-state index contributed by atoms with van der Waals surface area (Å²) in [5.74, 6) is 0.481. The summed E-state index contributed by atoms with van der Waals surface area (Å²) in [4.78, 5) is 12.0. The van der Waals surface area contributed by atoms with Gasteiger partial charge in [0.05, 0.1) is 24.4 Å². The number of ether oxygens (including phenoxy) is 7. The lowest BCUT2D eigenvalue weighted by Gasteiger charge is -2.33. The highest BCUT2D eigenvalue weighted by Gasteiger charge is 2.46. The molecule has 0 amide bonds. The van der Waals surface area contributed by atoms with Crippen LogP contribution in [0, 0.1) is 11.8 Å². The molecule has 1 saturated carbocycles. The molecule has 276 valence electrons. The van der Waals surface area contributed by atoms with Gasteiger partial charge in [-0.2, -0.15) is 0 Å². The van der Waals surface area contributed by atoms with E-state index in [9.17, 15) is 4.79 Å². The van der Waals surface area contributed by atoms with Gasteiger partial charge in [-0.15, -0.1) is 0 Å². The Morgan fingerprint density at radius 1 is 0.796 bits per heavy atom. The SMILES string of the molecule is CC(C)OC(=O)CCC/C=C\C[C@@H]1[C@@H](CC[C@H](CCc2ccccc2)OC2CCCCO2)[C@H](OC2CCCCO2)C[C@@H]1OC1CCCCO1. The van der Waals surface area contributed by atoms with E-state index in [-0.39, 0.29) is 49.3 Å². The normalized spacial score (nSPS) is 30.1. The van der Waals surface area contributed by atoms with Gasteiger partial charge < -0.3 is 33.2 Å². The highest BCUT2D eigenvalue weighted by molar-refractivity contribution is 5.69. The standard InChI is InChI=1S/C41H64O8/c1-31(2)46-38(42)19-9-4-3-8-18-34-35(26-25-33(47-39-20-10-13-27-43-39)24-23-32-16-6-5-7-17-32)37(49-41-22-12-15-29-45-41)30-36(34)48-40-21-11-14-28-44-40/h3,5-8,16-17,31,33-37,39-41H,4,9-15,18-30H2,1-2H3/b8-3-/t33-,34+,35+,36-,37+,39?,40?,41?/m0/s1. The number of allylic oxidation sites excluding steroid dienone is 2. The van der Waals surface area contributed by atoms with Crippen molar-refractivity contribution in [2.75, 3.05) is 19.8 Å². The van der Waals surface area contributed by atoms with Crippen molar-refractivity contribution in [3.05, 3.63) is 48.0 Å². The van der Waals surface area contributed by atoms with Crippen LogP contribution in [0.15, 0.2) is 42.5 Å². The van der Waals surface area contributed by atoms with Crippen molar-refractivity contribution < 1.29 is 38.0 Å². The molecule has 1 aromatic rings. The van der Waals surface area contributed by atoms with Gasteiger partial charge in [0, 0.05) is 32.7 Å². The van der Waals surface area contributed by atoms with Crippen molar-refractivity contribution in [2.24, 2.45) is 11.8 Å². The lowest BCUT2D eigenvalue weighted by atomic mass is 9.85. The maximum atomic E-state index is 12.0. The molecule has 8 nitrogen and oxygen atoms in total. The first-order valence-electron chi connectivity index (χ1n) is 19.7. The number of hydrogen-bond donors (Lipinski definition) is 0. The van der Waals surface area contributed by atoms with Crippen LogP contribution in [0.25, 0.3) is 0 Å². The van der Waals surface area contributed by atoms with E-state index >= 15 is 0 Å². The second-order valence-corrected chi connectivity index (χ2v) is 14.8. The number of rotatable bonds is 19. The van der Waals surface area contributed by atoms with Gasteiger partial charge in [-0.3, -0.25) is 4.79 Å². The van der Waals surface area contributed by atoms with Crippen LogP contribution in [0.1, 0.15) is 129 Å². The predicted octanol–water partition coefficient (Wildman–Crippen LogP) is 8.84. The van der Waals surface area contributed by atoms with Crippen molar-refractivity contribution >= 4 is 5.97 Å². The molecule has 3 saturated heterocycles. The molecule has 0 bridgehead atoms. The topological polar surface area (TPSA) is 81.7 Å². The van der Waals surface area contributed by atoms with Gasteiger partial charge in [0.2, 0.25) is 0 Å². The van der Waals surface area contributed by atoms with Gasteiger partial charge in [0.15, 0.2) is 18.9 Å². The zero-order valence-corrected chi connectivity index (χ0v) is 30.4. The number of esters is 1. The average Bonchev–Trinajstić information content (AvgIpc) is 3.43. The van der Waals surface area contributed by atoms with E-state index in [1.165, 1.54) is 5.56 Å². The maximum Gasteiger partial charge on any atom is 0.306 e. The summed E-state index contributed by atoms with van der Waals surface area (Å²) >= 11 is 0. The first-order chi connectivity index (χ1) is 24.0. The molecule has 1 aliphatic carbocycles. The Balaban J connectivity index is 1.28. The fourth-order valence-electron chi connectivity index (χ4n) is 7.92. The fourth-order valence-corrected chi connectivity index (χ4v) is 7.92. The third-order valence-electron chi connectivity index (χ3n) is 10.5. The van der Waals surface area contributed by atoms with Crippen molar-refractivity contribution in [3.8, 4) is 0 Å². The number of aryl methyl sites for hydroxylation is 1. The summed E-state index contributed by atoms with van der Waals surface area (Å²) in [6.45, 7) is 6.11. The second kappa shape index (κ2) is 21.5. The maximum absolute atomic E-state index is 12.0. The van der Waals surface area contributed by atoms with E-state index in [0.29, 0.717) is 18.3 Å². The summed E-state index contributed by atoms with van der Waals surface area (Å²) in [6.07, 6.45) is 21.7. The zero-order valence-electron chi connectivity index (χ0n) is 30.4. The molecule has 4 fully saturated rings. The summed E-state index contributed by atoms with van der Waals surface area (Å²) in [6, 6.07) is 10.7. The summed E-state index contributed by atoms with van der Waals surface area (Å²) < 4.78 is 43.9. The first-order valence-corrected chi connectivity index (χ1v) is 19.7. The molecular formula is C41H64O8. The van der Waals surface area contributed by atoms with Crippen LogP contribution < -0.4 is 0 Å². The van der Waals surface area contributed by atoms with E-state index in [0.717, 1.165) is 129 Å². The van der Waals surface area contributed by atoms with Crippen molar-refractivity contribution in [2.45, 2.75) is 173 Å². The first kappa shape index (κ1) is 38.4. The monoisotopic (exact) mass is 684 g/mol. The van der Waals surface area contributed by atoms with Gasteiger partial charge in [0.1, 0.15) is 0 Å². The summed E-state index contributed by atoms with van der Waals surface area (Å²) in [7, 11) is 0. The number of benzene rings is 1. The molecule has 0 radical (unpaired) electrons. The summed E-state index contributed by atoms with van der Waals surface area (Å²) in [5.41, 5.74) is 1.35. The number of carbonyl (C=O) groups excluding carboxylic acids is 1. The van der Waals surface area contributed by atoms with Crippen LogP contribution >= 0.6 is 0 Å². The molecule has 0 spiro atoms. The minimum absolute atomic E-state index is 0.0534. The molecule has 3 aliphatic heterocycles. The molecule has 8 heteroatoms. The lowest BCUT2D eigenvalue weighted by molar-refractivity contribution is -0.205. The second-order valence-electron chi connectivity index (χ2n) is 14.8. The molecule has 1 aromatic carbocycles. The van der Waals surface area contributed by atoms with Crippen LogP contribution in [-0.2, 0) is 44.4 Å². The van der Waals surface area contributed by atoms with Crippen LogP contribution in [0.4, 0.5) is 0 Å². The van der Waals surface area contributed by atoms with E-state index in [1.54, 1.807) is 0 Å². The Hall–Kier alpha value is -1.81. The lowest BCUT2D eigenvalue weighted by Crippen LogP contribution is -2.33. The fraction of sp³-hybridized carbons (Fsp3) is 0.780. The Kier molecular flexibility index (Phi) is 16.9. The smallest absolute Gasteiger partial charge is 0.306 e. The Bertz CT molecular complexity index is 1060. The predicted molar refractivity (Wildman–Crippen MR) is 190 cm³/mol. The molecule has 5 rings (SSSR count). The Morgan fingerprint density at radius 3 is 2.04 bits per heavy atom. The van der Waals surface area contributed by atoms with Gasteiger partial charge >= 0.3 is 5.97 Å². The van der Waals surface area contributed by atoms with Gasteiger partial charge in [0.25, 0.3) is 0 Å². The third-order valence-corrected chi connectivity index (χ3v) is 10.5. The van der Waals surface area contributed by atoms with Crippen molar-refractivity contribution in [1.82, 2.24) is 0 Å². The Labute approximate surface area is 295 Å². The van der Waals surface area contributed by atoms with E-state index < -0.39 is 0 Å². The minimum Gasteiger partial charge on any atom is -0.463 e.